The van der Waals surface area contributed by atoms with Crippen LogP contribution in [0.2, 0.25) is 0 Å². The molecule has 0 unspecified atom stereocenters. The molecule has 9 nitrogen and oxygen atoms in total. The predicted molar refractivity (Wildman–Crippen MR) is 116 cm³/mol. The van der Waals surface area contributed by atoms with Gasteiger partial charge in [0.1, 0.15) is 12.3 Å². The normalized spacial score (nSPS) is 11.0. The molecule has 0 spiro atoms. The number of hydrogen-bond donors (Lipinski definition) is 2. The van der Waals surface area contributed by atoms with E-state index >= 15 is 0 Å². The minimum absolute atomic E-state index is 0.0100. The summed E-state index contributed by atoms with van der Waals surface area (Å²) in [7, 11) is -2.58. The molecule has 10 heteroatoms. The van der Waals surface area contributed by atoms with Crippen molar-refractivity contribution in [3.8, 4) is 5.75 Å². The summed E-state index contributed by atoms with van der Waals surface area (Å²) in [5.74, 6) is -2.29. The van der Waals surface area contributed by atoms with Crippen LogP contribution in [0.15, 0.2) is 71.6 Å². The number of methoxy groups -OCH3 is 1. The van der Waals surface area contributed by atoms with Crippen molar-refractivity contribution >= 4 is 38.6 Å². The first-order valence-electron chi connectivity index (χ1n) is 9.41. The highest BCUT2D eigenvalue weighted by Crippen LogP contribution is 2.19. The number of ether oxygens (including phenoxy) is 2. The van der Waals surface area contributed by atoms with Crippen LogP contribution in [0.3, 0.4) is 0 Å². The molecule has 32 heavy (non-hydrogen) atoms. The van der Waals surface area contributed by atoms with E-state index in [9.17, 15) is 22.8 Å². The van der Waals surface area contributed by atoms with Gasteiger partial charge in [-0.15, -0.1) is 0 Å². The summed E-state index contributed by atoms with van der Waals surface area (Å²) in [5, 5.41) is 3.67. The maximum atomic E-state index is 12.4. The molecule has 3 aromatic carbocycles. The van der Waals surface area contributed by atoms with Gasteiger partial charge in [0.15, 0.2) is 6.61 Å². The monoisotopic (exact) mass is 456 g/mol. The highest BCUT2D eigenvalue weighted by molar-refractivity contribution is 7.89. The number of nitrogens with one attached hydrogen (secondary N) is 2. The summed E-state index contributed by atoms with van der Waals surface area (Å²) in [6, 6.07) is 18.1. The molecule has 3 aromatic rings. The van der Waals surface area contributed by atoms with Gasteiger partial charge >= 0.3 is 5.97 Å². The van der Waals surface area contributed by atoms with Crippen molar-refractivity contribution < 1.29 is 32.3 Å². The summed E-state index contributed by atoms with van der Waals surface area (Å²) in [4.78, 5) is 35.9. The molecule has 166 valence electrons. The molecular formula is C22H20N2O7S. The van der Waals surface area contributed by atoms with E-state index in [2.05, 4.69) is 10.0 Å². The molecule has 3 rings (SSSR count). The van der Waals surface area contributed by atoms with Crippen LogP contribution >= 0.6 is 0 Å². The van der Waals surface area contributed by atoms with Gasteiger partial charge in [-0.25, -0.2) is 8.42 Å². The van der Waals surface area contributed by atoms with E-state index in [-0.39, 0.29) is 16.2 Å². The third-order valence-electron chi connectivity index (χ3n) is 4.41. The Bertz CT molecular complexity index is 1270. The fraction of sp³-hybridized carbons (Fsp3) is 0.136. The van der Waals surface area contributed by atoms with Crippen molar-refractivity contribution in [1.82, 2.24) is 10.0 Å². The third-order valence-corrected chi connectivity index (χ3v) is 5.81. The number of imide groups is 1. The number of amides is 2. The molecule has 0 aliphatic carbocycles. The molecule has 0 fully saturated rings. The lowest BCUT2D eigenvalue weighted by Crippen LogP contribution is -2.36. The molecule has 0 aliphatic heterocycles. The Kier molecular flexibility index (Phi) is 7.18. The van der Waals surface area contributed by atoms with E-state index in [0.29, 0.717) is 0 Å². The largest absolute Gasteiger partial charge is 0.496 e. The number of rotatable bonds is 8. The lowest BCUT2D eigenvalue weighted by molar-refractivity contribution is -0.147. The van der Waals surface area contributed by atoms with Crippen molar-refractivity contribution in [2.75, 3.05) is 20.3 Å². The number of esters is 1. The molecule has 0 aliphatic rings. The van der Waals surface area contributed by atoms with Crippen LogP contribution in [0.4, 0.5) is 0 Å². The van der Waals surface area contributed by atoms with Crippen LogP contribution in [0.25, 0.3) is 10.8 Å². The predicted octanol–water partition coefficient (Wildman–Crippen LogP) is 1.63. The Morgan fingerprint density at radius 2 is 1.59 bits per heavy atom. The van der Waals surface area contributed by atoms with Crippen molar-refractivity contribution in [3.63, 3.8) is 0 Å². The maximum Gasteiger partial charge on any atom is 0.321 e. The highest BCUT2D eigenvalue weighted by atomic mass is 32.2. The summed E-state index contributed by atoms with van der Waals surface area (Å²) in [5.41, 5.74) is 0.137. The lowest BCUT2D eigenvalue weighted by Gasteiger charge is -2.09. The molecule has 0 radical (unpaired) electrons. The van der Waals surface area contributed by atoms with Crippen LogP contribution in [0, 0.1) is 0 Å². The van der Waals surface area contributed by atoms with Crippen LogP contribution in [-0.2, 0) is 24.3 Å². The number of sulfonamides is 1. The summed E-state index contributed by atoms with van der Waals surface area (Å²) in [6.45, 7) is -1.43. The Morgan fingerprint density at radius 3 is 2.34 bits per heavy atom. The molecule has 0 saturated heterocycles. The van der Waals surface area contributed by atoms with Gasteiger partial charge in [0.25, 0.3) is 11.8 Å². The number of fused-ring (bicyclic) bond motifs is 1. The Morgan fingerprint density at radius 1 is 0.906 bits per heavy atom. The standard InChI is InChI=1S/C22H20N2O7S/c1-30-19-9-5-4-8-18(19)22(27)24-20(25)14-31-21(26)13-23-32(28,29)17-11-10-15-6-2-3-7-16(15)12-17/h2-12,23H,13-14H2,1H3,(H,24,25,27). The van der Waals surface area contributed by atoms with Gasteiger partial charge in [0.05, 0.1) is 17.6 Å². The SMILES string of the molecule is COc1ccccc1C(=O)NC(=O)COC(=O)CNS(=O)(=O)c1ccc2ccccc2c1. The fourth-order valence-electron chi connectivity index (χ4n) is 2.83. The number of carbonyl (C=O) groups excluding carboxylic acids is 3. The molecule has 2 amide bonds. The van der Waals surface area contributed by atoms with Crippen LogP contribution in [0.1, 0.15) is 10.4 Å². The minimum Gasteiger partial charge on any atom is -0.496 e. The Labute approximate surface area is 184 Å². The lowest BCUT2D eigenvalue weighted by atomic mass is 10.1. The zero-order chi connectivity index (χ0) is 23.1. The van der Waals surface area contributed by atoms with Crippen molar-refractivity contribution in [3.05, 3.63) is 72.3 Å². The molecule has 0 bridgehead atoms. The average Bonchev–Trinajstić information content (AvgIpc) is 2.81. The second-order valence-corrected chi connectivity index (χ2v) is 8.34. The number of benzene rings is 3. The maximum absolute atomic E-state index is 12.4. The topological polar surface area (TPSA) is 128 Å². The Hall–Kier alpha value is -3.76. The van der Waals surface area contributed by atoms with Crippen LogP contribution in [-0.4, -0.2) is 46.5 Å². The van der Waals surface area contributed by atoms with Gasteiger partial charge in [0.2, 0.25) is 10.0 Å². The van der Waals surface area contributed by atoms with Gasteiger partial charge in [-0.3, -0.25) is 19.7 Å². The van der Waals surface area contributed by atoms with E-state index in [0.717, 1.165) is 10.8 Å². The molecular weight excluding hydrogens is 436 g/mol. The summed E-state index contributed by atoms with van der Waals surface area (Å²) in [6.07, 6.45) is 0. The third kappa shape index (κ3) is 5.68. The van der Waals surface area contributed by atoms with E-state index < -0.39 is 41.0 Å². The average molecular weight is 456 g/mol. The number of para-hydroxylation sites is 1. The second kappa shape index (κ2) is 10.0. The number of hydrogen-bond acceptors (Lipinski definition) is 7. The van der Waals surface area contributed by atoms with Crippen molar-refractivity contribution in [1.29, 1.82) is 0 Å². The van der Waals surface area contributed by atoms with Crippen LogP contribution in [0.5, 0.6) is 5.75 Å². The van der Waals surface area contributed by atoms with Gasteiger partial charge in [-0.05, 0) is 35.0 Å². The summed E-state index contributed by atoms with van der Waals surface area (Å²) < 4.78 is 36.8. The van der Waals surface area contributed by atoms with E-state index in [4.69, 9.17) is 9.47 Å². The van der Waals surface area contributed by atoms with Crippen molar-refractivity contribution in [2.45, 2.75) is 4.90 Å². The molecule has 2 N–H and O–H groups in total. The molecule has 0 atom stereocenters. The zero-order valence-electron chi connectivity index (χ0n) is 17.0. The van der Waals surface area contributed by atoms with Gasteiger partial charge in [0, 0.05) is 0 Å². The second-order valence-electron chi connectivity index (χ2n) is 6.57. The smallest absolute Gasteiger partial charge is 0.321 e. The van der Waals surface area contributed by atoms with E-state index in [1.54, 1.807) is 36.4 Å². The fourth-order valence-corrected chi connectivity index (χ4v) is 3.84. The van der Waals surface area contributed by atoms with Crippen molar-refractivity contribution in [2.24, 2.45) is 0 Å². The van der Waals surface area contributed by atoms with Crippen LogP contribution < -0.4 is 14.8 Å². The summed E-state index contributed by atoms with van der Waals surface area (Å²) >= 11 is 0. The minimum atomic E-state index is -3.97. The van der Waals surface area contributed by atoms with Gasteiger partial charge < -0.3 is 9.47 Å². The van der Waals surface area contributed by atoms with E-state index in [1.165, 1.54) is 25.3 Å². The first-order valence-corrected chi connectivity index (χ1v) is 10.9. The Balaban J connectivity index is 1.50. The quantitative estimate of drug-likeness (QED) is 0.493. The number of carbonyl (C=O) groups is 3. The van der Waals surface area contributed by atoms with Gasteiger partial charge in [-0.2, -0.15) is 4.72 Å². The van der Waals surface area contributed by atoms with Gasteiger partial charge in [-0.1, -0.05) is 42.5 Å². The first-order chi connectivity index (χ1) is 15.3. The van der Waals surface area contributed by atoms with E-state index in [1.807, 2.05) is 12.1 Å². The first kappa shape index (κ1) is 22.9. The highest BCUT2D eigenvalue weighted by Gasteiger charge is 2.19. The molecule has 0 heterocycles. The molecule has 0 saturated carbocycles. The molecule has 0 aromatic heterocycles. The zero-order valence-corrected chi connectivity index (χ0v) is 17.8.